The highest BCUT2D eigenvalue weighted by molar-refractivity contribution is 6.00. The number of nitrogens with zero attached hydrogens (tertiary/aromatic N) is 4. The highest BCUT2D eigenvalue weighted by Crippen LogP contribution is 2.18. The third-order valence-corrected chi connectivity index (χ3v) is 3.40. The van der Waals surface area contributed by atoms with Crippen LogP contribution in [-0.4, -0.2) is 32.4 Å². The Morgan fingerprint density at radius 2 is 1.91 bits per heavy atom. The lowest BCUT2D eigenvalue weighted by Gasteiger charge is -2.03. The third kappa shape index (κ3) is 2.07. The largest absolute Gasteiger partial charge is 0.464 e. The highest BCUT2D eigenvalue weighted by atomic mass is 16.5. The van der Waals surface area contributed by atoms with Gasteiger partial charge in [0, 0.05) is 7.05 Å². The molecule has 0 aliphatic rings. The van der Waals surface area contributed by atoms with Crippen LogP contribution in [0.1, 0.15) is 16.1 Å². The molecule has 0 radical (unpaired) electrons. The van der Waals surface area contributed by atoms with Crippen LogP contribution >= 0.6 is 0 Å². The second-order valence-corrected chi connectivity index (χ2v) is 4.95. The summed E-state index contributed by atoms with van der Waals surface area (Å²) < 4.78 is 7.49. The Balaban J connectivity index is 2.39. The average Bonchev–Trinajstić information content (AvgIpc) is 2.91. The fraction of sp³-hybridized carbons (Fsp3) is 0.200. The van der Waals surface area contributed by atoms with E-state index in [1.54, 1.807) is 7.05 Å². The van der Waals surface area contributed by atoms with Crippen LogP contribution < -0.4 is 5.56 Å². The van der Waals surface area contributed by atoms with E-state index in [1.165, 1.54) is 22.7 Å². The summed E-state index contributed by atoms with van der Waals surface area (Å²) in [6.07, 6.45) is 1.36. The highest BCUT2D eigenvalue weighted by Gasteiger charge is 2.22. The molecule has 0 amide bonds. The lowest BCUT2D eigenvalue weighted by atomic mass is 10.2. The van der Waals surface area contributed by atoms with Crippen molar-refractivity contribution in [3.8, 4) is 5.69 Å². The summed E-state index contributed by atoms with van der Waals surface area (Å²) in [5.74, 6) is -0.628. The summed E-state index contributed by atoms with van der Waals surface area (Å²) in [6.45, 7) is 1.96. The van der Waals surface area contributed by atoms with Crippen molar-refractivity contribution >= 4 is 17.0 Å². The molecule has 0 spiro atoms. The molecule has 1 aromatic carbocycles. The van der Waals surface area contributed by atoms with E-state index >= 15 is 0 Å². The second-order valence-electron chi connectivity index (χ2n) is 4.95. The Bertz CT molecular complexity index is 922. The van der Waals surface area contributed by atoms with E-state index in [0.29, 0.717) is 5.69 Å². The van der Waals surface area contributed by atoms with Crippen molar-refractivity contribution in [1.29, 1.82) is 0 Å². The number of fused-ring (bicyclic) bond motifs is 1. The number of methoxy groups -OCH3 is 1. The van der Waals surface area contributed by atoms with Gasteiger partial charge in [0.05, 0.1) is 19.1 Å². The lowest BCUT2D eigenvalue weighted by molar-refractivity contribution is 0.0595. The fourth-order valence-electron chi connectivity index (χ4n) is 2.19. The number of ether oxygens (including phenoxy) is 1. The Hall–Kier alpha value is -2.96. The minimum Gasteiger partial charge on any atom is -0.464 e. The molecule has 0 bridgehead atoms. The molecule has 2 heterocycles. The molecule has 3 aromatic rings. The zero-order chi connectivity index (χ0) is 15.9. The van der Waals surface area contributed by atoms with E-state index in [9.17, 15) is 9.59 Å². The van der Waals surface area contributed by atoms with Crippen molar-refractivity contribution in [3.05, 3.63) is 52.2 Å². The quantitative estimate of drug-likeness (QED) is 0.665. The van der Waals surface area contributed by atoms with Gasteiger partial charge < -0.3 is 9.30 Å². The number of carbonyl (C=O) groups excluding carboxylic acids is 1. The summed E-state index contributed by atoms with van der Waals surface area (Å²) in [7, 11) is 2.86. The van der Waals surface area contributed by atoms with Gasteiger partial charge in [0.1, 0.15) is 5.52 Å². The van der Waals surface area contributed by atoms with Gasteiger partial charge in [-0.2, -0.15) is 5.10 Å². The predicted molar refractivity (Wildman–Crippen MR) is 80.2 cm³/mol. The number of aromatic nitrogens is 4. The molecule has 0 fully saturated rings. The first-order valence-electron chi connectivity index (χ1n) is 6.62. The van der Waals surface area contributed by atoms with Crippen LogP contribution in [0.15, 0.2) is 35.4 Å². The summed E-state index contributed by atoms with van der Waals surface area (Å²) in [6, 6.07) is 7.47. The van der Waals surface area contributed by atoms with E-state index in [2.05, 4.69) is 10.1 Å². The minimum atomic E-state index is -0.628. The Kier molecular flexibility index (Phi) is 3.25. The first kappa shape index (κ1) is 14.0. The molecular weight excluding hydrogens is 284 g/mol. The smallest absolute Gasteiger partial charge is 0.360 e. The van der Waals surface area contributed by atoms with Gasteiger partial charge in [-0.1, -0.05) is 17.7 Å². The zero-order valence-electron chi connectivity index (χ0n) is 12.4. The number of carbonyl (C=O) groups is 1. The van der Waals surface area contributed by atoms with Gasteiger partial charge in [-0.15, -0.1) is 0 Å². The van der Waals surface area contributed by atoms with E-state index in [0.717, 1.165) is 5.56 Å². The maximum absolute atomic E-state index is 12.4. The summed E-state index contributed by atoms with van der Waals surface area (Å²) in [5.41, 5.74) is 1.98. The van der Waals surface area contributed by atoms with Gasteiger partial charge in [-0.05, 0) is 19.1 Å². The summed E-state index contributed by atoms with van der Waals surface area (Å²) >= 11 is 0. The first-order valence-corrected chi connectivity index (χ1v) is 6.62. The van der Waals surface area contributed by atoms with E-state index in [4.69, 9.17) is 4.74 Å². The Morgan fingerprint density at radius 3 is 2.55 bits per heavy atom. The molecule has 0 aliphatic heterocycles. The fourth-order valence-corrected chi connectivity index (χ4v) is 2.19. The second kappa shape index (κ2) is 5.10. The molecule has 0 saturated carbocycles. The van der Waals surface area contributed by atoms with Crippen molar-refractivity contribution in [2.24, 2.45) is 7.05 Å². The molecule has 7 nitrogen and oxygen atoms in total. The van der Waals surface area contributed by atoms with Crippen LogP contribution in [0.5, 0.6) is 0 Å². The molecular formula is C15H14N4O3. The van der Waals surface area contributed by atoms with Crippen LogP contribution in [-0.2, 0) is 11.8 Å². The van der Waals surface area contributed by atoms with Crippen molar-refractivity contribution in [2.75, 3.05) is 7.11 Å². The average molecular weight is 298 g/mol. The first-order chi connectivity index (χ1) is 10.5. The monoisotopic (exact) mass is 298 g/mol. The number of hydrogen-bond acceptors (Lipinski definition) is 5. The van der Waals surface area contributed by atoms with Crippen molar-refractivity contribution in [1.82, 2.24) is 19.3 Å². The minimum absolute atomic E-state index is 0.0239. The SMILES string of the molecule is COC(=O)c1nn(-c2ccc(C)cc2)c2c(=O)n(C)cnc12. The normalized spacial score (nSPS) is 10.9. The van der Waals surface area contributed by atoms with E-state index in [1.807, 2.05) is 31.2 Å². The van der Waals surface area contributed by atoms with Gasteiger partial charge in [0.25, 0.3) is 5.56 Å². The molecule has 0 unspecified atom stereocenters. The Morgan fingerprint density at radius 1 is 1.23 bits per heavy atom. The zero-order valence-corrected chi connectivity index (χ0v) is 12.4. The van der Waals surface area contributed by atoms with E-state index in [-0.39, 0.29) is 22.3 Å². The van der Waals surface area contributed by atoms with Crippen molar-refractivity contribution in [3.63, 3.8) is 0 Å². The van der Waals surface area contributed by atoms with Crippen molar-refractivity contribution in [2.45, 2.75) is 6.92 Å². The van der Waals surface area contributed by atoms with Gasteiger partial charge in [-0.3, -0.25) is 4.79 Å². The number of aryl methyl sites for hydroxylation is 2. The molecule has 3 rings (SSSR count). The Labute approximate surface area is 125 Å². The third-order valence-electron chi connectivity index (χ3n) is 3.40. The number of benzene rings is 1. The van der Waals surface area contributed by atoms with Crippen molar-refractivity contribution < 1.29 is 9.53 Å². The molecule has 0 aliphatic carbocycles. The van der Waals surface area contributed by atoms with Crippen LogP contribution in [0.3, 0.4) is 0 Å². The standard InChI is InChI=1S/C15H14N4O3/c1-9-4-6-10(7-5-9)19-13-11(12(17-19)15(21)22-3)16-8-18(2)14(13)20/h4-8H,1-3H3. The number of hydrogen-bond donors (Lipinski definition) is 0. The topological polar surface area (TPSA) is 79.0 Å². The summed E-state index contributed by atoms with van der Waals surface area (Å²) in [5, 5.41) is 4.23. The van der Waals surface area contributed by atoms with E-state index < -0.39 is 5.97 Å². The molecule has 112 valence electrons. The molecule has 0 saturated heterocycles. The van der Waals surface area contributed by atoms with Gasteiger partial charge >= 0.3 is 5.97 Å². The van der Waals surface area contributed by atoms with Gasteiger partial charge in [0.2, 0.25) is 0 Å². The van der Waals surface area contributed by atoms with Crippen LogP contribution in [0, 0.1) is 6.92 Å². The van der Waals surface area contributed by atoms with Crippen LogP contribution in [0.25, 0.3) is 16.7 Å². The molecule has 22 heavy (non-hydrogen) atoms. The predicted octanol–water partition coefficient (Wildman–Crippen LogP) is 1.21. The number of esters is 1. The van der Waals surface area contributed by atoms with Gasteiger partial charge in [0.15, 0.2) is 11.2 Å². The molecule has 0 atom stereocenters. The summed E-state index contributed by atoms with van der Waals surface area (Å²) in [4.78, 5) is 28.5. The van der Waals surface area contributed by atoms with Gasteiger partial charge in [-0.25, -0.2) is 14.5 Å². The number of rotatable bonds is 2. The maximum atomic E-state index is 12.4. The molecule has 0 N–H and O–H groups in total. The van der Waals surface area contributed by atoms with Crippen LogP contribution in [0.2, 0.25) is 0 Å². The van der Waals surface area contributed by atoms with Crippen LogP contribution in [0.4, 0.5) is 0 Å². The molecule has 7 heteroatoms. The maximum Gasteiger partial charge on any atom is 0.360 e. The lowest BCUT2D eigenvalue weighted by Crippen LogP contribution is -2.19. The molecule has 2 aromatic heterocycles.